The van der Waals surface area contributed by atoms with Gasteiger partial charge in [0.2, 0.25) is 11.8 Å². The van der Waals surface area contributed by atoms with E-state index in [2.05, 4.69) is 10.3 Å². The van der Waals surface area contributed by atoms with Crippen molar-refractivity contribution >= 4 is 11.8 Å². The van der Waals surface area contributed by atoms with Crippen molar-refractivity contribution in [2.45, 2.75) is 52.7 Å². The van der Waals surface area contributed by atoms with Crippen molar-refractivity contribution in [3.8, 4) is 0 Å². The number of aryl methyl sites for hydroxylation is 1. The number of imidazole rings is 1. The van der Waals surface area contributed by atoms with Gasteiger partial charge in [0.05, 0.1) is 18.1 Å². The molecule has 1 aromatic rings. The van der Waals surface area contributed by atoms with Gasteiger partial charge in [0.25, 0.3) is 0 Å². The molecular formula is C17H29N5O2. The van der Waals surface area contributed by atoms with Gasteiger partial charge in [-0.1, -0.05) is 0 Å². The molecular weight excluding hydrogens is 306 g/mol. The molecule has 0 radical (unpaired) electrons. The van der Waals surface area contributed by atoms with E-state index in [9.17, 15) is 9.59 Å². The van der Waals surface area contributed by atoms with Gasteiger partial charge in [-0.2, -0.15) is 0 Å². The number of rotatable bonds is 6. The molecule has 2 atom stereocenters. The third-order valence-electron chi connectivity index (χ3n) is 4.93. The number of amides is 2. The fourth-order valence-corrected chi connectivity index (χ4v) is 3.27. The first-order valence-electron chi connectivity index (χ1n) is 8.64. The zero-order valence-corrected chi connectivity index (χ0v) is 15.4. The summed E-state index contributed by atoms with van der Waals surface area (Å²) in [6.45, 7) is 10.3. The molecule has 1 saturated heterocycles. The Morgan fingerprint density at radius 3 is 2.54 bits per heavy atom. The van der Waals surface area contributed by atoms with Crippen molar-refractivity contribution in [2.75, 3.05) is 26.7 Å². The summed E-state index contributed by atoms with van der Waals surface area (Å²) in [4.78, 5) is 32.9. The highest BCUT2D eigenvalue weighted by Crippen LogP contribution is 2.18. The van der Waals surface area contributed by atoms with Crippen LogP contribution in [0.2, 0.25) is 0 Å². The minimum atomic E-state index is -0.146. The van der Waals surface area contributed by atoms with Gasteiger partial charge in [-0.3, -0.25) is 14.5 Å². The lowest BCUT2D eigenvalue weighted by Crippen LogP contribution is -2.44. The van der Waals surface area contributed by atoms with E-state index in [4.69, 9.17) is 0 Å². The number of carbonyl (C=O) groups excluding carboxylic acids is 2. The van der Waals surface area contributed by atoms with Gasteiger partial charge in [0.15, 0.2) is 0 Å². The van der Waals surface area contributed by atoms with E-state index in [1.165, 1.54) is 0 Å². The van der Waals surface area contributed by atoms with Crippen molar-refractivity contribution in [1.29, 1.82) is 0 Å². The Hall–Kier alpha value is -1.89. The summed E-state index contributed by atoms with van der Waals surface area (Å²) in [5.74, 6) is 0.116. The first-order valence-corrected chi connectivity index (χ1v) is 8.64. The number of nitrogens with one attached hydrogen (secondary N) is 1. The molecule has 0 spiro atoms. The fourth-order valence-electron chi connectivity index (χ4n) is 3.27. The SMILES string of the molecule is CCN(CC)C(=O)[C@@H]1C[C@@H](NC(=O)Cn2cnc(C)c2C)CN1C. The van der Waals surface area contributed by atoms with E-state index < -0.39 is 0 Å². The van der Waals surface area contributed by atoms with Crippen LogP contribution in [0, 0.1) is 13.8 Å². The first-order chi connectivity index (χ1) is 11.4. The molecule has 134 valence electrons. The normalized spacial score (nSPS) is 21.0. The summed E-state index contributed by atoms with van der Waals surface area (Å²) >= 11 is 0. The molecule has 2 amide bonds. The Balaban J connectivity index is 1.91. The second-order valence-corrected chi connectivity index (χ2v) is 6.51. The van der Waals surface area contributed by atoms with E-state index >= 15 is 0 Å². The standard InChI is InChI=1S/C17H29N5O2/c1-6-21(7-2)17(24)15-8-14(9-20(15)5)19-16(23)10-22-11-18-12(3)13(22)4/h11,14-15H,6-10H2,1-5H3,(H,19,23)/t14-,15+/m1/s1. The van der Waals surface area contributed by atoms with Crippen LogP contribution >= 0.6 is 0 Å². The van der Waals surface area contributed by atoms with Gasteiger partial charge in [-0.15, -0.1) is 0 Å². The molecule has 1 N–H and O–H groups in total. The molecule has 1 aliphatic heterocycles. The molecule has 0 bridgehead atoms. The topological polar surface area (TPSA) is 70.5 Å². The quantitative estimate of drug-likeness (QED) is 0.824. The van der Waals surface area contributed by atoms with Crippen LogP contribution in [-0.2, 0) is 16.1 Å². The maximum absolute atomic E-state index is 12.5. The summed E-state index contributed by atoms with van der Waals surface area (Å²) in [6.07, 6.45) is 2.36. The van der Waals surface area contributed by atoms with Gasteiger partial charge in [0, 0.05) is 31.4 Å². The van der Waals surface area contributed by atoms with Crippen molar-refractivity contribution < 1.29 is 9.59 Å². The lowest BCUT2D eigenvalue weighted by Gasteiger charge is -2.26. The number of likely N-dealkylation sites (tertiary alicyclic amines) is 1. The molecule has 2 rings (SSSR count). The third kappa shape index (κ3) is 3.95. The predicted molar refractivity (Wildman–Crippen MR) is 92.6 cm³/mol. The first kappa shape index (κ1) is 18.4. The maximum atomic E-state index is 12.5. The molecule has 1 aliphatic rings. The zero-order valence-electron chi connectivity index (χ0n) is 15.4. The van der Waals surface area contributed by atoms with Gasteiger partial charge >= 0.3 is 0 Å². The van der Waals surface area contributed by atoms with Gasteiger partial charge in [0.1, 0.15) is 6.54 Å². The molecule has 0 saturated carbocycles. The second-order valence-electron chi connectivity index (χ2n) is 6.51. The number of hydrogen-bond donors (Lipinski definition) is 1. The zero-order chi connectivity index (χ0) is 17.9. The molecule has 1 aromatic heterocycles. The van der Waals surface area contributed by atoms with Crippen LogP contribution in [0.5, 0.6) is 0 Å². The number of likely N-dealkylation sites (N-methyl/N-ethyl adjacent to an activating group) is 2. The molecule has 7 heteroatoms. The summed E-state index contributed by atoms with van der Waals surface area (Å²) in [7, 11) is 1.95. The summed E-state index contributed by atoms with van der Waals surface area (Å²) in [6, 6.07) is -0.135. The summed E-state index contributed by atoms with van der Waals surface area (Å²) in [5, 5.41) is 3.05. The van der Waals surface area contributed by atoms with Crippen LogP contribution < -0.4 is 5.32 Å². The Morgan fingerprint density at radius 1 is 1.33 bits per heavy atom. The maximum Gasteiger partial charge on any atom is 0.240 e. The van der Waals surface area contributed by atoms with E-state index in [1.807, 2.05) is 49.1 Å². The van der Waals surface area contributed by atoms with Crippen LogP contribution in [0.15, 0.2) is 6.33 Å². The predicted octanol–water partition coefficient (Wildman–Crippen LogP) is 0.557. The lowest BCUT2D eigenvalue weighted by atomic mass is 10.1. The highest BCUT2D eigenvalue weighted by Gasteiger charge is 2.36. The van der Waals surface area contributed by atoms with E-state index in [1.54, 1.807) is 6.33 Å². The lowest BCUT2D eigenvalue weighted by molar-refractivity contribution is -0.135. The fraction of sp³-hybridized carbons (Fsp3) is 0.706. The molecule has 0 aromatic carbocycles. The Labute approximate surface area is 144 Å². The molecule has 0 unspecified atom stereocenters. The number of hydrogen-bond acceptors (Lipinski definition) is 4. The van der Waals surface area contributed by atoms with Crippen molar-refractivity contribution in [3.63, 3.8) is 0 Å². The molecule has 0 aliphatic carbocycles. The third-order valence-corrected chi connectivity index (χ3v) is 4.93. The van der Waals surface area contributed by atoms with E-state index in [0.29, 0.717) is 13.0 Å². The van der Waals surface area contributed by atoms with Crippen LogP contribution in [0.4, 0.5) is 0 Å². The highest BCUT2D eigenvalue weighted by molar-refractivity contribution is 5.82. The highest BCUT2D eigenvalue weighted by atomic mass is 16.2. The Bertz CT molecular complexity index is 594. The van der Waals surface area contributed by atoms with Crippen molar-refractivity contribution in [3.05, 3.63) is 17.7 Å². The number of nitrogens with zero attached hydrogens (tertiary/aromatic N) is 4. The van der Waals surface area contributed by atoms with Gasteiger partial charge in [-0.05, 0) is 41.2 Å². The van der Waals surface area contributed by atoms with Gasteiger partial charge in [-0.25, -0.2) is 4.98 Å². The average Bonchev–Trinajstić information content (AvgIpc) is 3.05. The van der Waals surface area contributed by atoms with E-state index in [0.717, 1.165) is 24.5 Å². The van der Waals surface area contributed by atoms with E-state index in [-0.39, 0.29) is 30.4 Å². The van der Waals surface area contributed by atoms with Crippen LogP contribution in [0.3, 0.4) is 0 Å². The minimum Gasteiger partial charge on any atom is -0.350 e. The number of aromatic nitrogens is 2. The van der Waals surface area contributed by atoms with Crippen LogP contribution in [0.25, 0.3) is 0 Å². The molecule has 24 heavy (non-hydrogen) atoms. The largest absolute Gasteiger partial charge is 0.350 e. The minimum absolute atomic E-state index is 0.0111. The molecule has 7 nitrogen and oxygen atoms in total. The summed E-state index contributed by atoms with van der Waals surface area (Å²) in [5.41, 5.74) is 1.94. The Kier molecular flexibility index (Phi) is 5.99. The monoisotopic (exact) mass is 335 g/mol. The summed E-state index contributed by atoms with van der Waals surface area (Å²) < 4.78 is 1.85. The molecule has 2 heterocycles. The van der Waals surface area contributed by atoms with Crippen LogP contribution in [0.1, 0.15) is 31.7 Å². The van der Waals surface area contributed by atoms with Crippen molar-refractivity contribution in [2.24, 2.45) is 0 Å². The molecule has 1 fully saturated rings. The van der Waals surface area contributed by atoms with Crippen LogP contribution in [-0.4, -0.2) is 69.9 Å². The second kappa shape index (κ2) is 7.79. The van der Waals surface area contributed by atoms with Gasteiger partial charge < -0.3 is 14.8 Å². The smallest absolute Gasteiger partial charge is 0.240 e. The number of carbonyl (C=O) groups is 2. The average molecular weight is 335 g/mol. The Morgan fingerprint density at radius 2 is 2.00 bits per heavy atom. The van der Waals surface area contributed by atoms with Crippen molar-refractivity contribution in [1.82, 2.24) is 24.7 Å².